The van der Waals surface area contributed by atoms with E-state index in [0.29, 0.717) is 27.8 Å². The number of furan rings is 1. The first-order chi connectivity index (χ1) is 11.4. The van der Waals surface area contributed by atoms with E-state index in [1.54, 1.807) is 0 Å². The fraction of sp³-hybridized carbons (Fsp3) is 0.389. The minimum atomic E-state index is -4.41. The molecule has 3 nitrogen and oxygen atoms in total. The molecule has 1 amide bonds. The zero-order valence-corrected chi connectivity index (χ0v) is 15.9. The number of benzene rings is 1. The Balaban J connectivity index is 2.53. The smallest absolute Gasteiger partial charge is 0.416 e. The van der Waals surface area contributed by atoms with Crippen LogP contribution in [0, 0.1) is 0 Å². The number of amides is 1. The van der Waals surface area contributed by atoms with E-state index >= 15 is 0 Å². The first-order valence-corrected chi connectivity index (χ1v) is 8.54. The van der Waals surface area contributed by atoms with Crippen molar-refractivity contribution in [2.45, 2.75) is 45.8 Å². The summed E-state index contributed by atoms with van der Waals surface area (Å²) in [5, 5.41) is 2.87. The van der Waals surface area contributed by atoms with E-state index in [4.69, 9.17) is 4.42 Å². The van der Waals surface area contributed by atoms with Crippen LogP contribution in [0.1, 0.15) is 49.2 Å². The Bertz CT molecular complexity index is 771. The van der Waals surface area contributed by atoms with Crippen molar-refractivity contribution in [1.82, 2.24) is 5.32 Å². The van der Waals surface area contributed by atoms with E-state index in [9.17, 15) is 18.0 Å². The molecular weight excluding hydrogens is 399 g/mol. The second-order valence-corrected chi connectivity index (χ2v) is 7.41. The Labute approximate surface area is 152 Å². The molecule has 0 saturated carbocycles. The Morgan fingerprint density at radius 2 is 1.72 bits per heavy atom. The summed E-state index contributed by atoms with van der Waals surface area (Å²) in [7, 11) is 0. The van der Waals surface area contributed by atoms with Gasteiger partial charge in [-0.05, 0) is 55.3 Å². The largest absolute Gasteiger partial charge is 0.448 e. The van der Waals surface area contributed by atoms with Crippen LogP contribution in [0.15, 0.2) is 33.4 Å². The Morgan fingerprint density at radius 1 is 1.16 bits per heavy atom. The SMILES string of the molecule is CCc1c(Br)oc(-c2ccc(C(F)(F)F)cc2)c1C(=O)NC(C)(C)C. The van der Waals surface area contributed by atoms with E-state index < -0.39 is 17.3 Å². The van der Waals surface area contributed by atoms with Gasteiger partial charge < -0.3 is 9.73 Å². The molecule has 0 saturated heterocycles. The molecule has 0 aliphatic carbocycles. The van der Waals surface area contributed by atoms with Crippen LogP contribution >= 0.6 is 15.9 Å². The molecule has 2 aromatic rings. The van der Waals surface area contributed by atoms with Gasteiger partial charge in [0.2, 0.25) is 0 Å². The lowest BCUT2D eigenvalue weighted by atomic mass is 10.0. The average Bonchev–Trinajstić information content (AvgIpc) is 2.81. The fourth-order valence-electron chi connectivity index (χ4n) is 2.41. The summed E-state index contributed by atoms with van der Waals surface area (Å²) in [4.78, 5) is 12.7. The molecule has 0 fully saturated rings. The monoisotopic (exact) mass is 417 g/mol. The predicted molar refractivity (Wildman–Crippen MR) is 93.4 cm³/mol. The molecule has 136 valence electrons. The summed E-state index contributed by atoms with van der Waals surface area (Å²) < 4.78 is 44.3. The number of halogens is 4. The van der Waals surface area contributed by atoms with Crippen molar-refractivity contribution in [3.8, 4) is 11.3 Å². The van der Waals surface area contributed by atoms with E-state index in [1.807, 2.05) is 27.7 Å². The van der Waals surface area contributed by atoms with Gasteiger partial charge in [0, 0.05) is 16.7 Å². The van der Waals surface area contributed by atoms with Crippen LogP contribution in [0.25, 0.3) is 11.3 Å². The van der Waals surface area contributed by atoms with E-state index in [-0.39, 0.29) is 11.7 Å². The lowest BCUT2D eigenvalue weighted by Gasteiger charge is -2.21. The molecule has 0 spiro atoms. The molecule has 1 aromatic carbocycles. The van der Waals surface area contributed by atoms with Gasteiger partial charge >= 0.3 is 6.18 Å². The van der Waals surface area contributed by atoms with Crippen molar-refractivity contribution in [2.24, 2.45) is 0 Å². The summed E-state index contributed by atoms with van der Waals surface area (Å²) in [6.45, 7) is 7.43. The van der Waals surface area contributed by atoms with Crippen molar-refractivity contribution in [3.63, 3.8) is 0 Å². The molecule has 1 N–H and O–H groups in total. The highest BCUT2D eigenvalue weighted by molar-refractivity contribution is 9.10. The van der Waals surface area contributed by atoms with Crippen LogP contribution < -0.4 is 5.32 Å². The number of carbonyl (C=O) groups is 1. The number of hydrogen-bond acceptors (Lipinski definition) is 2. The summed E-state index contributed by atoms with van der Waals surface area (Å²) in [6, 6.07) is 4.56. The molecule has 0 aliphatic heterocycles. The molecule has 0 aliphatic rings. The van der Waals surface area contributed by atoms with Gasteiger partial charge in [-0.2, -0.15) is 13.2 Å². The lowest BCUT2D eigenvalue weighted by molar-refractivity contribution is -0.137. The van der Waals surface area contributed by atoms with Crippen molar-refractivity contribution >= 4 is 21.8 Å². The van der Waals surface area contributed by atoms with Gasteiger partial charge in [0.25, 0.3) is 5.91 Å². The number of carbonyl (C=O) groups excluding carboxylic acids is 1. The topological polar surface area (TPSA) is 42.2 Å². The van der Waals surface area contributed by atoms with Crippen LogP contribution in [-0.4, -0.2) is 11.4 Å². The molecule has 25 heavy (non-hydrogen) atoms. The third-order valence-corrected chi connectivity index (χ3v) is 4.14. The minimum absolute atomic E-state index is 0.249. The van der Waals surface area contributed by atoms with E-state index in [1.165, 1.54) is 12.1 Å². The van der Waals surface area contributed by atoms with Gasteiger partial charge in [0.1, 0.15) is 5.76 Å². The molecule has 0 atom stereocenters. The molecule has 0 unspecified atom stereocenters. The third-order valence-electron chi connectivity index (χ3n) is 3.50. The molecule has 2 rings (SSSR count). The van der Waals surface area contributed by atoms with Gasteiger partial charge in [0.05, 0.1) is 11.1 Å². The highest BCUT2D eigenvalue weighted by atomic mass is 79.9. The maximum absolute atomic E-state index is 12.7. The lowest BCUT2D eigenvalue weighted by Crippen LogP contribution is -2.40. The molecule has 0 bridgehead atoms. The summed E-state index contributed by atoms with van der Waals surface area (Å²) in [5.41, 5.74) is 0.218. The first-order valence-electron chi connectivity index (χ1n) is 7.75. The zero-order chi connectivity index (χ0) is 19.0. The number of hydrogen-bond donors (Lipinski definition) is 1. The van der Waals surface area contributed by atoms with Crippen LogP contribution in [-0.2, 0) is 12.6 Å². The predicted octanol–water partition coefficient (Wildman–Crippen LogP) is 5.82. The van der Waals surface area contributed by atoms with Gasteiger partial charge in [-0.25, -0.2) is 0 Å². The van der Waals surface area contributed by atoms with Crippen molar-refractivity contribution in [2.75, 3.05) is 0 Å². The molecular formula is C18H19BrF3NO2. The van der Waals surface area contributed by atoms with Gasteiger partial charge in [-0.1, -0.05) is 19.1 Å². The minimum Gasteiger partial charge on any atom is -0.448 e. The van der Waals surface area contributed by atoms with E-state index in [0.717, 1.165) is 12.1 Å². The van der Waals surface area contributed by atoms with E-state index in [2.05, 4.69) is 21.2 Å². The molecule has 7 heteroatoms. The second-order valence-electron chi connectivity index (χ2n) is 6.69. The van der Waals surface area contributed by atoms with Gasteiger partial charge in [0.15, 0.2) is 4.67 Å². The highest BCUT2D eigenvalue weighted by Gasteiger charge is 2.31. The number of nitrogens with one attached hydrogen (secondary N) is 1. The summed E-state index contributed by atoms with van der Waals surface area (Å²) >= 11 is 3.29. The van der Waals surface area contributed by atoms with Crippen molar-refractivity contribution in [1.29, 1.82) is 0 Å². The third kappa shape index (κ3) is 4.45. The number of alkyl halides is 3. The standard InChI is InChI=1S/C18H19BrF3NO2/c1-5-12-13(16(24)23-17(2,3)4)14(25-15(12)19)10-6-8-11(9-7-10)18(20,21)22/h6-9H,5H2,1-4H3,(H,23,24). The van der Waals surface area contributed by atoms with Crippen LogP contribution in [0.3, 0.4) is 0 Å². The average molecular weight is 418 g/mol. The van der Waals surface area contributed by atoms with Crippen molar-refractivity contribution in [3.05, 3.63) is 45.6 Å². The van der Waals surface area contributed by atoms with Gasteiger partial charge in [-0.3, -0.25) is 4.79 Å². The molecule has 0 radical (unpaired) electrons. The molecule has 1 heterocycles. The Kier molecular flexibility index (Phi) is 5.37. The Morgan fingerprint density at radius 3 is 2.16 bits per heavy atom. The van der Waals surface area contributed by atoms with Gasteiger partial charge in [-0.15, -0.1) is 0 Å². The highest BCUT2D eigenvalue weighted by Crippen LogP contribution is 2.37. The summed E-state index contributed by atoms with van der Waals surface area (Å²) in [6.07, 6.45) is -3.87. The van der Waals surface area contributed by atoms with Crippen molar-refractivity contribution < 1.29 is 22.4 Å². The quantitative estimate of drug-likeness (QED) is 0.683. The first kappa shape index (κ1) is 19.6. The molecule has 1 aromatic heterocycles. The number of rotatable bonds is 3. The maximum Gasteiger partial charge on any atom is 0.416 e. The maximum atomic E-state index is 12.7. The van der Waals surface area contributed by atoms with Crippen LogP contribution in [0.2, 0.25) is 0 Å². The summed E-state index contributed by atoms with van der Waals surface area (Å²) in [5.74, 6) is -0.0760. The zero-order valence-electron chi connectivity index (χ0n) is 14.3. The Hall–Kier alpha value is -1.76. The second kappa shape index (κ2) is 6.86. The van der Waals surface area contributed by atoms with Crippen LogP contribution in [0.5, 0.6) is 0 Å². The normalized spacial score (nSPS) is 12.3. The van der Waals surface area contributed by atoms with Crippen LogP contribution in [0.4, 0.5) is 13.2 Å². The fourth-order valence-corrected chi connectivity index (χ4v) is 3.05.